The number of anilines is 1. The summed E-state index contributed by atoms with van der Waals surface area (Å²) in [6.07, 6.45) is 3.98. The van der Waals surface area contributed by atoms with Crippen molar-refractivity contribution >= 4 is 11.6 Å². The molecule has 0 saturated heterocycles. The minimum Gasteiger partial charge on any atom is -0.395 e. The molecule has 1 saturated carbocycles. The third-order valence-corrected chi connectivity index (χ3v) is 3.90. The van der Waals surface area contributed by atoms with Crippen LogP contribution in [0.5, 0.6) is 0 Å². The smallest absolute Gasteiger partial charge is 0.225 e. The summed E-state index contributed by atoms with van der Waals surface area (Å²) in [6.45, 7) is 1.44. The third kappa shape index (κ3) is 4.55. The molecule has 1 amide bonds. The Balaban J connectivity index is 1.78. The summed E-state index contributed by atoms with van der Waals surface area (Å²) >= 11 is 0. The second-order valence-corrected chi connectivity index (χ2v) is 5.33. The summed E-state index contributed by atoms with van der Waals surface area (Å²) in [6, 6.07) is 9.40. The Morgan fingerprint density at radius 3 is 2.57 bits per heavy atom. The van der Waals surface area contributed by atoms with Gasteiger partial charge in [0, 0.05) is 31.2 Å². The minimum absolute atomic E-state index is 0.0398. The zero-order chi connectivity index (χ0) is 15.1. The van der Waals surface area contributed by atoms with E-state index in [-0.39, 0.29) is 12.5 Å². The maximum Gasteiger partial charge on any atom is 0.225 e. The molecular weight excluding hydrogens is 266 g/mol. The highest BCUT2D eigenvalue weighted by molar-refractivity contribution is 5.90. The fourth-order valence-electron chi connectivity index (χ4n) is 2.45. The van der Waals surface area contributed by atoms with Crippen molar-refractivity contribution in [2.24, 2.45) is 0 Å². The standard InChI is InChI=1S/C16H21N3O2/c17-12-13-4-6-14(7-5-13)18-16(21)8-9-19(10-11-20)15-2-1-3-15/h4-7,15,20H,1-3,8-11H2,(H,18,21). The van der Waals surface area contributed by atoms with Gasteiger partial charge in [0.25, 0.3) is 0 Å². The van der Waals surface area contributed by atoms with Crippen LogP contribution in [0.4, 0.5) is 5.69 Å². The number of rotatable bonds is 7. The molecule has 0 aromatic heterocycles. The van der Waals surface area contributed by atoms with Crippen LogP contribution >= 0.6 is 0 Å². The number of benzene rings is 1. The maximum absolute atomic E-state index is 11.9. The van der Waals surface area contributed by atoms with E-state index in [1.54, 1.807) is 24.3 Å². The second kappa shape index (κ2) is 7.77. The van der Waals surface area contributed by atoms with E-state index in [9.17, 15) is 4.79 Å². The number of hydrogen-bond donors (Lipinski definition) is 2. The van der Waals surface area contributed by atoms with Crippen LogP contribution in [0.25, 0.3) is 0 Å². The largest absolute Gasteiger partial charge is 0.395 e. The van der Waals surface area contributed by atoms with Crippen molar-refractivity contribution in [3.05, 3.63) is 29.8 Å². The average molecular weight is 287 g/mol. The SMILES string of the molecule is N#Cc1ccc(NC(=O)CCN(CCO)C2CCC2)cc1. The predicted molar refractivity (Wildman–Crippen MR) is 80.7 cm³/mol. The summed E-state index contributed by atoms with van der Waals surface area (Å²) < 4.78 is 0. The highest BCUT2D eigenvalue weighted by atomic mass is 16.3. The number of nitriles is 1. The fraction of sp³-hybridized carbons (Fsp3) is 0.500. The Kier molecular flexibility index (Phi) is 5.73. The summed E-state index contributed by atoms with van der Waals surface area (Å²) in [5, 5.41) is 20.6. The first kappa shape index (κ1) is 15.5. The third-order valence-electron chi connectivity index (χ3n) is 3.90. The van der Waals surface area contributed by atoms with Crippen LogP contribution in [0.3, 0.4) is 0 Å². The molecule has 0 bridgehead atoms. The van der Waals surface area contributed by atoms with Crippen molar-refractivity contribution in [2.75, 3.05) is 25.0 Å². The lowest BCUT2D eigenvalue weighted by molar-refractivity contribution is -0.116. The number of carbonyl (C=O) groups is 1. The van der Waals surface area contributed by atoms with Crippen molar-refractivity contribution in [1.82, 2.24) is 4.90 Å². The fourth-order valence-corrected chi connectivity index (χ4v) is 2.45. The van der Waals surface area contributed by atoms with Gasteiger partial charge < -0.3 is 10.4 Å². The number of carbonyl (C=O) groups excluding carboxylic acids is 1. The van der Waals surface area contributed by atoms with Crippen molar-refractivity contribution < 1.29 is 9.90 Å². The van der Waals surface area contributed by atoms with E-state index < -0.39 is 0 Å². The van der Waals surface area contributed by atoms with Crippen LogP contribution in [-0.4, -0.2) is 41.7 Å². The second-order valence-electron chi connectivity index (χ2n) is 5.33. The molecule has 21 heavy (non-hydrogen) atoms. The first-order chi connectivity index (χ1) is 10.2. The number of amides is 1. The molecule has 0 radical (unpaired) electrons. The minimum atomic E-state index is -0.0398. The van der Waals surface area contributed by atoms with E-state index >= 15 is 0 Å². The monoisotopic (exact) mass is 287 g/mol. The van der Waals surface area contributed by atoms with Gasteiger partial charge in [-0.2, -0.15) is 5.26 Å². The molecule has 0 spiro atoms. The number of aliphatic hydroxyl groups is 1. The Bertz CT molecular complexity index is 503. The Hall–Kier alpha value is -1.90. The van der Waals surface area contributed by atoms with E-state index in [1.165, 1.54) is 6.42 Å². The molecule has 1 aliphatic carbocycles. The van der Waals surface area contributed by atoms with E-state index in [4.69, 9.17) is 10.4 Å². The highest BCUT2D eigenvalue weighted by Gasteiger charge is 2.24. The van der Waals surface area contributed by atoms with Crippen molar-refractivity contribution in [3.63, 3.8) is 0 Å². The summed E-state index contributed by atoms with van der Waals surface area (Å²) in [5.41, 5.74) is 1.28. The van der Waals surface area contributed by atoms with Gasteiger partial charge in [-0.1, -0.05) is 6.42 Å². The maximum atomic E-state index is 11.9. The van der Waals surface area contributed by atoms with Gasteiger partial charge in [0.2, 0.25) is 5.91 Å². The first-order valence-electron chi connectivity index (χ1n) is 7.38. The quantitative estimate of drug-likeness (QED) is 0.801. The average Bonchev–Trinajstić information content (AvgIpc) is 2.44. The Labute approximate surface area is 125 Å². The molecule has 1 fully saturated rings. The van der Waals surface area contributed by atoms with Crippen molar-refractivity contribution in [3.8, 4) is 6.07 Å². The lowest BCUT2D eigenvalue weighted by atomic mass is 9.91. The number of aliphatic hydroxyl groups excluding tert-OH is 1. The topological polar surface area (TPSA) is 76.4 Å². The molecule has 0 aliphatic heterocycles. The highest BCUT2D eigenvalue weighted by Crippen LogP contribution is 2.24. The van der Waals surface area contributed by atoms with Gasteiger partial charge in [0.15, 0.2) is 0 Å². The van der Waals surface area contributed by atoms with E-state index in [0.29, 0.717) is 36.8 Å². The molecule has 0 unspecified atom stereocenters. The van der Waals surface area contributed by atoms with E-state index in [0.717, 1.165) is 12.8 Å². The molecule has 1 aromatic rings. The van der Waals surface area contributed by atoms with E-state index in [2.05, 4.69) is 10.2 Å². The van der Waals surface area contributed by atoms with Gasteiger partial charge in [-0.05, 0) is 37.1 Å². The van der Waals surface area contributed by atoms with Crippen LogP contribution in [0.15, 0.2) is 24.3 Å². The molecule has 5 heteroatoms. The van der Waals surface area contributed by atoms with Crippen LogP contribution in [-0.2, 0) is 4.79 Å². The van der Waals surface area contributed by atoms with Crippen LogP contribution in [0, 0.1) is 11.3 Å². The number of nitrogens with one attached hydrogen (secondary N) is 1. The molecule has 2 N–H and O–H groups in total. The van der Waals surface area contributed by atoms with Crippen molar-refractivity contribution in [2.45, 2.75) is 31.7 Å². The van der Waals surface area contributed by atoms with E-state index in [1.807, 2.05) is 6.07 Å². The predicted octanol–water partition coefficient (Wildman–Crippen LogP) is 1.73. The lowest BCUT2D eigenvalue weighted by Crippen LogP contribution is -2.43. The molecule has 5 nitrogen and oxygen atoms in total. The van der Waals surface area contributed by atoms with Crippen LogP contribution < -0.4 is 5.32 Å². The van der Waals surface area contributed by atoms with Gasteiger partial charge in [0.1, 0.15) is 0 Å². The summed E-state index contributed by atoms with van der Waals surface area (Å²) in [4.78, 5) is 14.1. The molecule has 112 valence electrons. The zero-order valence-electron chi connectivity index (χ0n) is 12.1. The summed E-state index contributed by atoms with van der Waals surface area (Å²) in [7, 11) is 0. The Morgan fingerprint density at radius 2 is 2.05 bits per heavy atom. The zero-order valence-corrected chi connectivity index (χ0v) is 12.1. The van der Waals surface area contributed by atoms with Gasteiger partial charge in [-0.15, -0.1) is 0 Å². The van der Waals surface area contributed by atoms with Crippen molar-refractivity contribution in [1.29, 1.82) is 5.26 Å². The first-order valence-corrected chi connectivity index (χ1v) is 7.38. The summed E-state index contributed by atoms with van der Waals surface area (Å²) in [5.74, 6) is -0.0398. The van der Waals surface area contributed by atoms with Gasteiger partial charge >= 0.3 is 0 Å². The normalized spacial score (nSPS) is 14.5. The lowest BCUT2D eigenvalue weighted by Gasteiger charge is -2.37. The number of hydrogen-bond acceptors (Lipinski definition) is 4. The molecule has 1 aliphatic rings. The number of nitrogens with zero attached hydrogens (tertiary/aromatic N) is 2. The molecule has 0 heterocycles. The molecule has 1 aromatic carbocycles. The van der Waals surface area contributed by atoms with Crippen LogP contribution in [0.1, 0.15) is 31.2 Å². The molecular formula is C16H21N3O2. The molecule has 2 rings (SSSR count). The Morgan fingerprint density at radius 1 is 1.33 bits per heavy atom. The van der Waals surface area contributed by atoms with Gasteiger partial charge in [-0.25, -0.2) is 0 Å². The van der Waals surface area contributed by atoms with Crippen LogP contribution in [0.2, 0.25) is 0 Å². The molecule has 0 atom stereocenters. The van der Waals surface area contributed by atoms with Gasteiger partial charge in [0.05, 0.1) is 18.2 Å². The van der Waals surface area contributed by atoms with Gasteiger partial charge in [-0.3, -0.25) is 9.69 Å².